The first kappa shape index (κ1) is 40.8. The number of hydrogen-bond donors (Lipinski definition) is 0. The van der Waals surface area contributed by atoms with E-state index in [-0.39, 0.29) is 16.7 Å². The number of piperazine rings is 2. The zero-order valence-electron chi connectivity index (χ0n) is 35.9. The quantitative estimate of drug-likeness (QED) is 0.193. The number of carbonyl (C=O) groups excluding carboxylic acids is 2. The third kappa shape index (κ3) is 7.78. The molecule has 0 unspecified atom stereocenters. The van der Waals surface area contributed by atoms with Crippen LogP contribution in [0, 0.1) is 11.8 Å². The van der Waals surface area contributed by atoms with Gasteiger partial charge in [0.1, 0.15) is 0 Å². The summed E-state index contributed by atoms with van der Waals surface area (Å²) in [5, 5.41) is 9.32. The van der Waals surface area contributed by atoms with Gasteiger partial charge in [-0.05, 0) is 67.7 Å². The molecule has 2 amide bonds. The molecule has 2 aliphatic heterocycles. The van der Waals surface area contributed by atoms with Crippen LogP contribution in [0.15, 0.2) is 90.6 Å². The smallest absolute Gasteiger partial charge is 0.269 e. The summed E-state index contributed by atoms with van der Waals surface area (Å²) in [6.45, 7) is 6.15. The average Bonchev–Trinajstić information content (AvgIpc) is 4.09. The summed E-state index contributed by atoms with van der Waals surface area (Å²) in [4.78, 5) is 43.2. The predicted octanol–water partition coefficient (Wildman–Crippen LogP) is 5.48. The zero-order valence-corrected chi connectivity index (χ0v) is 36.7. The van der Waals surface area contributed by atoms with Crippen LogP contribution in [-0.4, -0.2) is 116 Å². The fourth-order valence-electron chi connectivity index (χ4n) is 9.45. The monoisotopic (exact) mass is 867 g/mol. The Balaban J connectivity index is 0.000000156. The van der Waals surface area contributed by atoms with Crippen molar-refractivity contribution >= 4 is 55.9 Å². The molecule has 0 spiro atoms. The van der Waals surface area contributed by atoms with Crippen LogP contribution < -0.4 is 9.80 Å². The second-order valence-corrected chi connectivity index (χ2v) is 19.2. The molecule has 16 heteroatoms. The summed E-state index contributed by atoms with van der Waals surface area (Å²) < 4.78 is 32.5. The van der Waals surface area contributed by atoms with E-state index in [1.54, 1.807) is 60.7 Å². The molecule has 63 heavy (non-hydrogen) atoms. The van der Waals surface area contributed by atoms with E-state index in [1.165, 1.54) is 27.2 Å². The van der Waals surface area contributed by atoms with Gasteiger partial charge in [0.15, 0.2) is 5.65 Å². The topological polar surface area (TPSA) is 148 Å². The minimum absolute atomic E-state index is 0.197. The number of rotatable bonds is 8. The van der Waals surface area contributed by atoms with Crippen LogP contribution in [0.5, 0.6) is 0 Å². The number of hydrogen-bond acceptors (Lipinski definition) is 10. The molecule has 3 aliphatic carbocycles. The summed E-state index contributed by atoms with van der Waals surface area (Å²) in [5.74, 6) is 1.15. The molecular weight excluding hydrogens is 815 g/mol. The van der Waals surface area contributed by atoms with Gasteiger partial charge in [0, 0.05) is 143 Å². The van der Waals surface area contributed by atoms with Crippen molar-refractivity contribution in [2.75, 3.05) is 62.2 Å². The van der Waals surface area contributed by atoms with Gasteiger partial charge in [0.25, 0.3) is 10.0 Å². The Morgan fingerprint density at radius 2 is 1.22 bits per heavy atom. The van der Waals surface area contributed by atoms with Crippen LogP contribution >= 0.6 is 0 Å². The molecule has 326 valence electrons. The molecule has 4 fully saturated rings. The normalized spacial score (nSPS) is 18.1. The number of aromatic nitrogens is 7. The summed E-state index contributed by atoms with van der Waals surface area (Å²) in [7, 11) is -0.173. The van der Waals surface area contributed by atoms with Gasteiger partial charge in [-0.25, -0.2) is 17.4 Å². The Morgan fingerprint density at radius 3 is 1.78 bits per heavy atom. The molecule has 1 aromatic carbocycles. The largest absolute Gasteiger partial charge is 0.367 e. The highest BCUT2D eigenvalue weighted by molar-refractivity contribution is 7.90. The SMILES string of the molecule is Cn1cc(-c2cc3c(N4CCN(C(=O)C5CCC5)CC4)ccnc3n2S(=O)(=O)c2ccccc2)cn1.Cn1cc(C2=Cc3c(N4CCN(C(=O)C5CCC5)CC4)ccnc3C2)cn1. The zero-order chi connectivity index (χ0) is 43.2. The second-order valence-electron chi connectivity index (χ2n) is 17.4. The lowest BCUT2D eigenvalue weighted by Gasteiger charge is -2.39. The Bertz CT molecular complexity index is 2800. The molecule has 2 saturated carbocycles. The summed E-state index contributed by atoms with van der Waals surface area (Å²) in [6.07, 6.45) is 20.7. The van der Waals surface area contributed by atoms with Gasteiger partial charge >= 0.3 is 0 Å². The molecule has 7 heterocycles. The lowest BCUT2D eigenvalue weighted by atomic mass is 9.84. The molecule has 0 atom stereocenters. The van der Waals surface area contributed by atoms with Crippen LogP contribution in [0.1, 0.15) is 55.3 Å². The molecule has 5 aliphatic rings. The Morgan fingerprint density at radius 1 is 0.667 bits per heavy atom. The first-order valence-corrected chi connectivity index (χ1v) is 23.6. The second kappa shape index (κ2) is 16.8. The van der Waals surface area contributed by atoms with Gasteiger partial charge in [-0.3, -0.25) is 23.9 Å². The summed E-state index contributed by atoms with van der Waals surface area (Å²) in [6, 6.07) is 14.3. The van der Waals surface area contributed by atoms with Gasteiger partial charge in [0.2, 0.25) is 11.8 Å². The first-order valence-electron chi connectivity index (χ1n) is 22.2. The standard InChI is InChI=1S/C26H28N6O3S.C21H25N5O/c1-29-18-20(17-28-29)24-16-22-23(30-12-14-31(15-13-30)26(33)19-6-5-7-19)10-11-27-25(22)32(24)36(34,35)21-8-3-2-4-9-21;1-24-14-17(13-23-24)16-11-18-19(12-16)22-6-5-20(18)25-7-9-26(10-8-25)21(27)15-3-2-4-15/h2-4,8-11,16-19H,5-7,12-15H2,1H3;5-6,11,13-15H,2-4,7-10,12H2,1H3. The third-order valence-electron chi connectivity index (χ3n) is 13.5. The molecule has 0 bridgehead atoms. The summed E-state index contributed by atoms with van der Waals surface area (Å²) in [5.41, 5.74) is 8.56. The highest BCUT2D eigenvalue weighted by Crippen LogP contribution is 2.38. The van der Waals surface area contributed by atoms with E-state index in [0.717, 1.165) is 87.0 Å². The number of nitrogens with zero attached hydrogens (tertiary/aromatic N) is 11. The first-order chi connectivity index (χ1) is 30.6. The molecule has 15 nitrogen and oxygen atoms in total. The van der Waals surface area contributed by atoms with Crippen LogP contribution in [0.4, 0.5) is 11.4 Å². The van der Waals surface area contributed by atoms with Crippen LogP contribution in [0.25, 0.3) is 33.9 Å². The van der Waals surface area contributed by atoms with E-state index in [4.69, 9.17) is 0 Å². The van der Waals surface area contributed by atoms with Gasteiger partial charge in [-0.2, -0.15) is 10.2 Å². The van der Waals surface area contributed by atoms with E-state index in [9.17, 15) is 18.0 Å². The van der Waals surface area contributed by atoms with Crippen molar-refractivity contribution in [3.63, 3.8) is 0 Å². The minimum atomic E-state index is -3.92. The maximum Gasteiger partial charge on any atom is 0.269 e. The van der Waals surface area contributed by atoms with Gasteiger partial charge in [-0.15, -0.1) is 0 Å². The Kier molecular flexibility index (Phi) is 10.9. The third-order valence-corrected chi connectivity index (χ3v) is 15.2. The number of fused-ring (bicyclic) bond motifs is 2. The van der Waals surface area contributed by atoms with Crippen molar-refractivity contribution in [1.29, 1.82) is 0 Å². The maximum absolute atomic E-state index is 13.9. The average molecular weight is 868 g/mol. The van der Waals surface area contributed by atoms with Gasteiger partial charge in [-0.1, -0.05) is 31.0 Å². The molecule has 0 N–H and O–H groups in total. The van der Waals surface area contributed by atoms with Crippen molar-refractivity contribution in [1.82, 2.24) is 43.3 Å². The van der Waals surface area contributed by atoms with Crippen molar-refractivity contribution in [2.24, 2.45) is 25.9 Å². The van der Waals surface area contributed by atoms with E-state index in [1.807, 2.05) is 41.2 Å². The number of amides is 2. The highest BCUT2D eigenvalue weighted by Gasteiger charge is 2.34. The Labute approximate surface area is 367 Å². The fraction of sp³-hybridized carbons (Fsp3) is 0.404. The van der Waals surface area contributed by atoms with E-state index in [2.05, 4.69) is 53.2 Å². The van der Waals surface area contributed by atoms with E-state index in [0.29, 0.717) is 54.9 Å². The van der Waals surface area contributed by atoms with Crippen molar-refractivity contribution < 1.29 is 18.0 Å². The summed E-state index contributed by atoms with van der Waals surface area (Å²) >= 11 is 0. The van der Waals surface area contributed by atoms with Crippen LogP contribution in [0.2, 0.25) is 0 Å². The number of benzene rings is 1. The van der Waals surface area contributed by atoms with Gasteiger partial charge in [0.05, 0.1) is 28.7 Å². The lowest BCUT2D eigenvalue weighted by molar-refractivity contribution is -0.139. The van der Waals surface area contributed by atoms with E-state index < -0.39 is 10.0 Å². The number of anilines is 2. The number of allylic oxidation sites excluding steroid dienone is 1. The molecule has 6 aromatic rings. The lowest BCUT2D eigenvalue weighted by Crippen LogP contribution is -2.51. The maximum atomic E-state index is 13.9. The predicted molar refractivity (Wildman–Crippen MR) is 242 cm³/mol. The number of aryl methyl sites for hydroxylation is 2. The molecule has 5 aromatic heterocycles. The number of pyridine rings is 2. The van der Waals surface area contributed by atoms with E-state index >= 15 is 0 Å². The molecule has 0 radical (unpaired) electrons. The van der Waals surface area contributed by atoms with Crippen molar-refractivity contribution in [2.45, 2.75) is 49.8 Å². The van der Waals surface area contributed by atoms with Crippen molar-refractivity contribution in [3.8, 4) is 11.3 Å². The molecular formula is C47H53N11O4S. The van der Waals surface area contributed by atoms with Crippen molar-refractivity contribution in [3.05, 3.63) is 103 Å². The fourth-order valence-corrected chi connectivity index (χ4v) is 11.0. The van der Waals surface area contributed by atoms with Crippen LogP contribution in [0.3, 0.4) is 0 Å². The van der Waals surface area contributed by atoms with Gasteiger partial charge < -0.3 is 19.6 Å². The van der Waals surface area contributed by atoms with Crippen LogP contribution in [-0.2, 0) is 40.1 Å². The number of carbonyl (C=O) groups is 2. The Hall–Kier alpha value is -6.29. The molecule has 2 saturated heterocycles. The minimum Gasteiger partial charge on any atom is -0.367 e. The highest BCUT2D eigenvalue weighted by atomic mass is 32.2. The molecule has 11 rings (SSSR count).